The lowest BCUT2D eigenvalue weighted by molar-refractivity contribution is 0.415. The van der Waals surface area contributed by atoms with Gasteiger partial charge in [0, 0.05) is 0 Å². The second-order valence-corrected chi connectivity index (χ2v) is 11.5. The molecule has 0 aromatic carbocycles. The smallest absolute Gasteiger partial charge is 0.165 e. The quantitative estimate of drug-likeness (QED) is 0.742. The van der Waals surface area contributed by atoms with E-state index in [9.17, 15) is 8.42 Å². The summed E-state index contributed by atoms with van der Waals surface area (Å²) in [7, 11) is -3.38. The van der Waals surface area contributed by atoms with Gasteiger partial charge in [-0.05, 0) is 41.8 Å². The molecule has 2 heterocycles. The summed E-state index contributed by atoms with van der Waals surface area (Å²) in [5.41, 5.74) is 5.31. The molecule has 1 aliphatic heterocycles. The first-order valence-corrected chi connectivity index (χ1v) is 10.9. The molecule has 1 aliphatic carbocycles. The first-order valence-electron chi connectivity index (χ1n) is 7.24. The number of amidine groups is 1. The highest BCUT2D eigenvalue weighted by molar-refractivity contribution is 9.11. The summed E-state index contributed by atoms with van der Waals surface area (Å²) >= 11 is 11.1. The lowest BCUT2D eigenvalue weighted by Crippen LogP contribution is -2.58. The van der Waals surface area contributed by atoms with Gasteiger partial charge in [-0.25, -0.2) is 8.42 Å². The molecule has 1 aromatic rings. The fourth-order valence-electron chi connectivity index (χ4n) is 3.58. The molecule has 0 bridgehead atoms. The minimum absolute atomic E-state index is 0.0344. The summed E-state index contributed by atoms with van der Waals surface area (Å²) in [6.45, 7) is 1.80. The van der Waals surface area contributed by atoms with Gasteiger partial charge in [0.05, 0.1) is 19.4 Å². The molecule has 0 unspecified atom stereocenters. The van der Waals surface area contributed by atoms with Gasteiger partial charge < -0.3 is 5.73 Å². The number of thiophene rings is 1. The lowest BCUT2D eigenvalue weighted by Gasteiger charge is -2.43. The van der Waals surface area contributed by atoms with E-state index in [1.54, 1.807) is 13.0 Å². The molecule has 122 valence electrons. The van der Waals surface area contributed by atoms with Crippen LogP contribution in [0.25, 0.3) is 0 Å². The second kappa shape index (κ2) is 5.46. The molecule has 2 aliphatic rings. The zero-order valence-electron chi connectivity index (χ0n) is 12.2. The highest BCUT2D eigenvalue weighted by atomic mass is 79.9. The van der Waals surface area contributed by atoms with Crippen LogP contribution in [-0.2, 0) is 15.4 Å². The van der Waals surface area contributed by atoms with Crippen LogP contribution in [0.1, 0.15) is 43.9 Å². The topological polar surface area (TPSA) is 72.5 Å². The van der Waals surface area contributed by atoms with Crippen LogP contribution in [0.3, 0.4) is 0 Å². The summed E-state index contributed by atoms with van der Waals surface area (Å²) in [6.07, 6.45) is 4.01. The van der Waals surface area contributed by atoms with Crippen LogP contribution in [0.4, 0.5) is 0 Å². The molecular weight excluding hydrogens is 408 g/mol. The zero-order chi connectivity index (χ0) is 16.2. The van der Waals surface area contributed by atoms with E-state index in [2.05, 4.69) is 20.9 Å². The van der Waals surface area contributed by atoms with Crippen molar-refractivity contribution in [3.8, 4) is 0 Å². The molecule has 2 N–H and O–H groups in total. The van der Waals surface area contributed by atoms with Gasteiger partial charge in [0.1, 0.15) is 16.1 Å². The van der Waals surface area contributed by atoms with Crippen molar-refractivity contribution < 1.29 is 8.42 Å². The lowest BCUT2D eigenvalue weighted by atomic mass is 9.86. The number of rotatable bonds is 1. The summed E-state index contributed by atoms with van der Waals surface area (Å²) in [5.74, 6) is 0.231. The molecule has 1 fully saturated rings. The zero-order valence-corrected chi connectivity index (χ0v) is 16.2. The van der Waals surface area contributed by atoms with Crippen molar-refractivity contribution in [3.05, 3.63) is 19.8 Å². The summed E-state index contributed by atoms with van der Waals surface area (Å²) in [6, 6.07) is 1.77. The highest BCUT2D eigenvalue weighted by Gasteiger charge is 2.55. The van der Waals surface area contributed by atoms with E-state index in [0.29, 0.717) is 17.9 Å². The first-order chi connectivity index (χ1) is 10.2. The fraction of sp³-hybridized carbons (Fsp3) is 0.643. The van der Waals surface area contributed by atoms with Gasteiger partial charge in [-0.1, -0.05) is 30.9 Å². The van der Waals surface area contributed by atoms with Crippen molar-refractivity contribution in [1.29, 1.82) is 0 Å². The predicted molar refractivity (Wildman–Crippen MR) is 95.6 cm³/mol. The van der Waals surface area contributed by atoms with Crippen molar-refractivity contribution in [1.82, 2.24) is 0 Å². The third kappa shape index (κ3) is 2.44. The fourth-order valence-corrected chi connectivity index (χ4v) is 8.38. The highest BCUT2D eigenvalue weighted by Crippen LogP contribution is 2.47. The Hall–Kier alpha value is -0.110. The van der Waals surface area contributed by atoms with E-state index in [0.717, 1.165) is 27.9 Å². The number of sulfone groups is 1. The molecule has 0 radical (unpaired) electrons. The molecule has 1 atom stereocenters. The van der Waals surface area contributed by atoms with Crippen LogP contribution in [-0.4, -0.2) is 24.8 Å². The Kier molecular flexibility index (Phi) is 4.16. The van der Waals surface area contributed by atoms with E-state index in [-0.39, 0.29) is 11.6 Å². The Morgan fingerprint density at radius 3 is 2.50 bits per heavy atom. The van der Waals surface area contributed by atoms with Crippen LogP contribution in [0, 0.1) is 0 Å². The van der Waals surface area contributed by atoms with Gasteiger partial charge in [-0.15, -0.1) is 11.3 Å². The monoisotopic (exact) mass is 424 g/mol. The van der Waals surface area contributed by atoms with Crippen molar-refractivity contribution >= 4 is 54.5 Å². The van der Waals surface area contributed by atoms with Crippen LogP contribution in [0.5, 0.6) is 0 Å². The second-order valence-electron chi connectivity index (χ2n) is 6.31. The Labute approximate surface area is 148 Å². The molecule has 22 heavy (non-hydrogen) atoms. The van der Waals surface area contributed by atoms with E-state index in [1.165, 1.54) is 11.3 Å². The molecule has 0 amide bonds. The van der Waals surface area contributed by atoms with Gasteiger partial charge in [-0.2, -0.15) is 0 Å². The minimum atomic E-state index is -3.38. The number of aliphatic imine (C=N–C) groups is 1. The first kappa shape index (κ1) is 16.7. The number of nitrogens with zero attached hydrogens (tertiary/aromatic N) is 1. The standard InChI is InChI=1S/C14H18BrClN2O2S2/c1-13(11-9(16)7-10(15)21-11)8-22(19,20)14(12(17)18-13)5-3-2-4-6-14/h7H,2-6,8H2,1H3,(H2,17,18)/t13-/m0/s1. The van der Waals surface area contributed by atoms with Crippen molar-refractivity contribution in [3.63, 3.8) is 0 Å². The average molecular weight is 426 g/mol. The van der Waals surface area contributed by atoms with Crippen LogP contribution < -0.4 is 5.73 Å². The number of hydrogen-bond donors (Lipinski definition) is 1. The van der Waals surface area contributed by atoms with Crippen LogP contribution in [0.2, 0.25) is 5.02 Å². The maximum atomic E-state index is 13.1. The summed E-state index contributed by atoms with van der Waals surface area (Å²) in [4.78, 5) is 5.40. The maximum Gasteiger partial charge on any atom is 0.165 e. The molecule has 3 rings (SSSR count). The molecule has 1 spiro atoms. The Balaban J connectivity index is 2.13. The maximum absolute atomic E-state index is 13.1. The Morgan fingerprint density at radius 1 is 1.36 bits per heavy atom. The minimum Gasteiger partial charge on any atom is -0.386 e. The molecular formula is C14H18BrClN2O2S2. The van der Waals surface area contributed by atoms with Gasteiger partial charge in [0.2, 0.25) is 0 Å². The summed E-state index contributed by atoms with van der Waals surface area (Å²) < 4.78 is 26.0. The molecule has 1 aromatic heterocycles. The van der Waals surface area contributed by atoms with Gasteiger partial charge in [-0.3, -0.25) is 4.99 Å². The van der Waals surface area contributed by atoms with E-state index in [1.807, 2.05) is 0 Å². The van der Waals surface area contributed by atoms with Crippen molar-refractivity contribution in [2.75, 3.05) is 5.75 Å². The Morgan fingerprint density at radius 2 is 2.00 bits per heavy atom. The van der Waals surface area contributed by atoms with Crippen LogP contribution >= 0.6 is 38.9 Å². The largest absolute Gasteiger partial charge is 0.386 e. The third-order valence-electron chi connectivity index (χ3n) is 4.71. The predicted octanol–water partition coefficient (Wildman–Crippen LogP) is 3.87. The summed E-state index contributed by atoms with van der Waals surface area (Å²) in [5, 5.41) is 0.533. The van der Waals surface area contributed by atoms with E-state index in [4.69, 9.17) is 17.3 Å². The Bertz CT molecular complexity index is 738. The number of hydrogen-bond acceptors (Lipinski definition) is 5. The van der Waals surface area contributed by atoms with Gasteiger partial charge >= 0.3 is 0 Å². The van der Waals surface area contributed by atoms with Crippen molar-refractivity contribution in [2.24, 2.45) is 10.7 Å². The van der Waals surface area contributed by atoms with E-state index >= 15 is 0 Å². The number of halogens is 2. The number of nitrogens with two attached hydrogens (primary N) is 1. The molecule has 0 saturated heterocycles. The van der Waals surface area contributed by atoms with Crippen LogP contribution in [0.15, 0.2) is 14.8 Å². The van der Waals surface area contributed by atoms with Crippen molar-refractivity contribution in [2.45, 2.75) is 49.3 Å². The molecule has 1 saturated carbocycles. The average Bonchev–Trinajstić information content (AvgIpc) is 2.77. The molecule has 8 heteroatoms. The normalized spacial score (nSPS) is 30.2. The van der Waals surface area contributed by atoms with Gasteiger partial charge in [0.15, 0.2) is 9.84 Å². The van der Waals surface area contributed by atoms with E-state index < -0.39 is 20.1 Å². The SMILES string of the molecule is C[C@@]1(c2sc(Br)cc2Cl)CS(=O)(=O)C2(CCCCC2)C(N)=N1. The third-order valence-corrected chi connectivity index (χ3v) is 9.76. The molecule has 4 nitrogen and oxygen atoms in total. The van der Waals surface area contributed by atoms with Gasteiger partial charge in [0.25, 0.3) is 0 Å².